The molecule has 0 aromatic carbocycles. The van der Waals surface area contributed by atoms with Crippen LogP contribution in [0.5, 0.6) is 0 Å². The maximum absolute atomic E-state index is 11.2. The topological polar surface area (TPSA) is 52.6 Å². The van der Waals surface area contributed by atoms with Crippen molar-refractivity contribution in [2.24, 2.45) is 11.8 Å². The minimum absolute atomic E-state index is 0.0963. The van der Waals surface area contributed by atoms with Gasteiger partial charge in [-0.25, -0.2) is 0 Å². The maximum atomic E-state index is 11.2. The smallest absolute Gasteiger partial charge is 0.305 e. The Labute approximate surface area is 103 Å². The minimum Gasteiger partial charge on any atom is -0.422 e. The number of carbonyl (C=O) groups is 2. The lowest BCUT2D eigenvalue weighted by Crippen LogP contribution is -2.49. The molecule has 0 aliphatic heterocycles. The van der Waals surface area contributed by atoms with Crippen molar-refractivity contribution < 1.29 is 19.1 Å². The van der Waals surface area contributed by atoms with Crippen LogP contribution in [0.25, 0.3) is 0 Å². The normalized spacial score (nSPS) is 27.3. The first kappa shape index (κ1) is 14.0. The second-order valence-corrected chi connectivity index (χ2v) is 4.98. The molecular weight excluding hydrogens is 220 g/mol. The molecule has 4 nitrogen and oxygen atoms in total. The van der Waals surface area contributed by atoms with E-state index in [1.54, 1.807) is 0 Å². The fourth-order valence-electron chi connectivity index (χ4n) is 2.69. The summed E-state index contributed by atoms with van der Waals surface area (Å²) in [7, 11) is 0. The third-order valence-electron chi connectivity index (χ3n) is 3.42. The molecule has 2 unspecified atom stereocenters. The third kappa shape index (κ3) is 3.45. The molecule has 1 saturated carbocycles. The summed E-state index contributed by atoms with van der Waals surface area (Å²) in [5, 5.41) is 0. The van der Waals surface area contributed by atoms with E-state index in [0.717, 1.165) is 19.3 Å². The summed E-state index contributed by atoms with van der Waals surface area (Å²) in [6.07, 6.45) is 3.28. The van der Waals surface area contributed by atoms with Crippen molar-refractivity contribution in [3.05, 3.63) is 0 Å². The Bertz CT molecular complexity index is 282. The molecule has 0 amide bonds. The molecule has 0 aromatic heterocycles. The summed E-state index contributed by atoms with van der Waals surface area (Å²) in [4.78, 5) is 22.5. The van der Waals surface area contributed by atoms with E-state index in [1.165, 1.54) is 13.8 Å². The van der Waals surface area contributed by atoms with E-state index in [4.69, 9.17) is 9.47 Å². The van der Waals surface area contributed by atoms with E-state index in [0.29, 0.717) is 12.3 Å². The predicted molar refractivity (Wildman–Crippen MR) is 63.1 cm³/mol. The Kier molecular flexibility index (Phi) is 4.54. The van der Waals surface area contributed by atoms with Crippen molar-refractivity contribution in [1.82, 2.24) is 0 Å². The second kappa shape index (κ2) is 5.52. The zero-order valence-corrected chi connectivity index (χ0v) is 11.1. The van der Waals surface area contributed by atoms with Crippen molar-refractivity contribution in [2.75, 3.05) is 0 Å². The molecule has 17 heavy (non-hydrogen) atoms. The molecule has 98 valence electrons. The average Bonchev–Trinajstić information content (AvgIpc) is 2.19. The highest BCUT2D eigenvalue weighted by Crippen LogP contribution is 2.42. The quantitative estimate of drug-likeness (QED) is 0.564. The highest BCUT2D eigenvalue weighted by molar-refractivity contribution is 5.69. The molecule has 1 aliphatic rings. The second-order valence-electron chi connectivity index (χ2n) is 4.98. The maximum Gasteiger partial charge on any atom is 0.305 e. The van der Waals surface area contributed by atoms with Crippen LogP contribution in [0, 0.1) is 11.8 Å². The average molecular weight is 242 g/mol. The molecule has 0 spiro atoms. The van der Waals surface area contributed by atoms with Gasteiger partial charge in [-0.15, -0.1) is 0 Å². The van der Waals surface area contributed by atoms with Crippen LogP contribution >= 0.6 is 0 Å². The number of esters is 2. The van der Waals surface area contributed by atoms with E-state index in [9.17, 15) is 9.59 Å². The zero-order chi connectivity index (χ0) is 13.1. The van der Waals surface area contributed by atoms with Gasteiger partial charge in [0.2, 0.25) is 0 Å². The Morgan fingerprint density at radius 3 is 2.18 bits per heavy atom. The minimum atomic E-state index is -1.03. The van der Waals surface area contributed by atoms with Gasteiger partial charge in [-0.3, -0.25) is 9.59 Å². The van der Waals surface area contributed by atoms with Gasteiger partial charge < -0.3 is 9.47 Å². The van der Waals surface area contributed by atoms with Crippen LogP contribution in [-0.2, 0) is 19.1 Å². The largest absolute Gasteiger partial charge is 0.422 e. The number of rotatable bonds is 3. The molecule has 2 atom stereocenters. The lowest BCUT2D eigenvalue weighted by molar-refractivity contribution is -0.259. The molecule has 0 aromatic rings. The molecule has 0 radical (unpaired) electrons. The molecule has 1 fully saturated rings. The van der Waals surface area contributed by atoms with E-state index < -0.39 is 5.79 Å². The summed E-state index contributed by atoms with van der Waals surface area (Å²) in [6.45, 7) is 6.92. The van der Waals surface area contributed by atoms with Gasteiger partial charge in [0.05, 0.1) is 0 Å². The molecule has 0 heterocycles. The van der Waals surface area contributed by atoms with Crippen LogP contribution < -0.4 is 0 Å². The van der Waals surface area contributed by atoms with Crippen LogP contribution in [0.15, 0.2) is 0 Å². The van der Waals surface area contributed by atoms with Crippen molar-refractivity contribution in [3.63, 3.8) is 0 Å². The number of ether oxygens (including phenoxy) is 2. The van der Waals surface area contributed by atoms with Gasteiger partial charge in [0.15, 0.2) is 0 Å². The summed E-state index contributed by atoms with van der Waals surface area (Å²) < 4.78 is 10.7. The van der Waals surface area contributed by atoms with Crippen molar-refractivity contribution in [1.29, 1.82) is 0 Å². The van der Waals surface area contributed by atoms with Gasteiger partial charge in [-0.1, -0.05) is 13.8 Å². The van der Waals surface area contributed by atoms with Crippen LogP contribution in [0.3, 0.4) is 0 Å². The van der Waals surface area contributed by atoms with Crippen molar-refractivity contribution in [2.45, 2.75) is 59.2 Å². The van der Waals surface area contributed by atoms with E-state index in [-0.39, 0.29) is 17.9 Å². The lowest BCUT2D eigenvalue weighted by atomic mass is 9.76. The van der Waals surface area contributed by atoms with Gasteiger partial charge in [0, 0.05) is 26.2 Å². The standard InChI is InChI=1S/C13H22O4/c1-5-12-8-9(2)6-7-13(12,16-10(3)14)17-11(4)15/h9,12H,5-8H2,1-4H3. The summed E-state index contributed by atoms with van der Waals surface area (Å²) in [5.74, 6) is -1.13. The summed E-state index contributed by atoms with van der Waals surface area (Å²) >= 11 is 0. The van der Waals surface area contributed by atoms with Crippen LogP contribution in [0.1, 0.15) is 53.4 Å². The fraction of sp³-hybridized carbons (Fsp3) is 0.846. The van der Waals surface area contributed by atoms with Crippen molar-refractivity contribution in [3.8, 4) is 0 Å². The molecular formula is C13H22O4. The Morgan fingerprint density at radius 2 is 1.76 bits per heavy atom. The Balaban J connectivity index is 2.92. The first-order valence-corrected chi connectivity index (χ1v) is 6.28. The van der Waals surface area contributed by atoms with E-state index in [2.05, 4.69) is 6.92 Å². The van der Waals surface area contributed by atoms with Gasteiger partial charge in [-0.2, -0.15) is 0 Å². The fourth-order valence-corrected chi connectivity index (χ4v) is 2.69. The lowest BCUT2D eigenvalue weighted by Gasteiger charge is -2.43. The summed E-state index contributed by atoms with van der Waals surface area (Å²) in [5.41, 5.74) is 0. The molecule has 0 bridgehead atoms. The first-order chi connectivity index (χ1) is 7.89. The molecule has 4 heteroatoms. The molecule has 0 N–H and O–H groups in total. The molecule has 1 aliphatic carbocycles. The Morgan fingerprint density at radius 1 is 1.24 bits per heavy atom. The van der Waals surface area contributed by atoms with Gasteiger partial charge in [-0.05, 0) is 25.2 Å². The molecule has 1 rings (SSSR count). The van der Waals surface area contributed by atoms with Gasteiger partial charge in [0.1, 0.15) is 0 Å². The molecule has 0 saturated heterocycles. The van der Waals surface area contributed by atoms with Crippen LogP contribution in [-0.4, -0.2) is 17.7 Å². The van der Waals surface area contributed by atoms with Crippen LogP contribution in [0.2, 0.25) is 0 Å². The highest BCUT2D eigenvalue weighted by Gasteiger charge is 2.47. The summed E-state index contributed by atoms with van der Waals surface area (Å²) in [6, 6.07) is 0. The number of carbonyl (C=O) groups excluding carboxylic acids is 2. The van der Waals surface area contributed by atoms with E-state index >= 15 is 0 Å². The van der Waals surface area contributed by atoms with Crippen molar-refractivity contribution >= 4 is 11.9 Å². The SMILES string of the molecule is CCC1CC(C)CCC1(OC(C)=O)OC(C)=O. The Hall–Kier alpha value is -1.06. The van der Waals surface area contributed by atoms with E-state index in [1.807, 2.05) is 6.92 Å². The van der Waals surface area contributed by atoms with Gasteiger partial charge in [0.25, 0.3) is 5.79 Å². The van der Waals surface area contributed by atoms with Crippen LogP contribution in [0.4, 0.5) is 0 Å². The monoisotopic (exact) mass is 242 g/mol. The first-order valence-electron chi connectivity index (χ1n) is 6.28. The number of hydrogen-bond donors (Lipinski definition) is 0. The zero-order valence-electron chi connectivity index (χ0n) is 11.1. The number of hydrogen-bond acceptors (Lipinski definition) is 4. The third-order valence-corrected chi connectivity index (χ3v) is 3.42. The predicted octanol–water partition coefficient (Wildman–Crippen LogP) is 2.66. The van der Waals surface area contributed by atoms with Gasteiger partial charge >= 0.3 is 11.9 Å². The highest BCUT2D eigenvalue weighted by atomic mass is 16.7.